The van der Waals surface area contributed by atoms with Gasteiger partial charge in [-0.25, -0.2) is 0 Å². The number of allylic oxidation sites excluding steroid dienone is 1. The Labute approximate surface area is 276 Å². The van der Waals surface area contributed by atoms with Gasteiger partial charge in [0.05, 0.1) is 0 Å². The zero-order chi connectivity index (χ0) is 33.0. The molecule has 0 spiro atoms. The second kappa shape index (κ2) is 12.9. The highest BCUT2D eigenvalue weighted by Crippen LogP contribution is 2.44. The molecule has 1 fully saturated rings. The molecule has 3 aliphatic rings. The minimum absolute atomic E-state index is 0.00430. The maximum absolute atomic E-state index is 12.4. The van der Waals surface area contributed by atoms with Crippen LogP contribution in [0, 0.1) is 25.7 Å². The summed E-state index contributed by atoms with van der Waals surface area (Å²) in [6, 6.07) is -0.0712. The number of thiol groups is 2. The number of hydrogen-bond donors (Lipinski definition) is 9. The summed E-state index contributed by atoms with van der Waals surface area (Å²) in [5.41, 5.74) is 9.71. The van der Waals surface area contributed by atoms with Crippen molar-refractivity contribution >= 4 is 43.3 Å². The van der Waals surface area contributed by atoms with Crippen LogP contribution in [0.25, 0.3) is 6.08 Å². The van der Waals surface area contributed by atoms with Gasteiger partial charge in [0.25, 0.3) is 0 Å². The highest BCUT2D eigenvalue weighted by Gasteiger charge is 2.53. The number of rotatable bonds is 8. The van der Waals surface area contributed by atoms with E-state index in [-0.39, 0.29) is 47.3 Å². The van der Waals surface area contributed by atoms with Gasteiger partial charge in [0.15, 0.2) is 0 Å². The molecule has 7 N–H and O–H groups in total. The summed E-state index contributed by atoms with van der Waals surface area (Å²) in [7, 11) is 0. The molecule has 11 heteroatoms. The summed E-state index contributed by atoms with van der Waals surface area (Å²) in [6.45, 7) is 12.5. The molecule has 5 heterocycles. The minimum atomic E-state index is -1.19. The van der Waals surface area contributed by atoms with Gasteiger partial charge in [-0.15, -0.1) is 0 Å². The Morgan fingerprint density at radius 1 is 1.00 bits per heavy atom. The zero-order valence-corrected chi connectivity index (χ0v) is 28.8. The summed E-state index contributed by atoms with van der Waals surface area (Å²) in [4.78, 5) is 30.6. The third-order valence-electron chi connectivity index (χ3n) is 10.5. The molecule has 8 bridgehead atoms. The van der Waals surface area contributed by atoms with Gasteiger partial charge in [-0.1, -0.05) is 13.8 Å². The lowest BCUT2D eigenvalue weighted by molar-refractivity contribution is -0.138. The summed E-state index contributed by atoms with van der Waals surface area (Å²) in [6.07, 6.45) is 4.46. The lowest BCUT2D eigenvalue weighted by Gasteiger charge is -2.34. The van der Waals surface area contributed by atoms with Crippen molar-refractivity contribution in [3.63, 3.8) is 0 Å². The fourth-order valence-corrected chi connectivity index (χ4v) is 9.14. The average Bonchev–Trinajstić information content (AvgIpc) is 3.57. The maximum atomic E-state index is 12.4. The van der Waals surface area contributed by atoms with Gasteiger partial charge in [0, 0.05) is 82.7 Å². The predicted molar refractivity (Wildman–Crippen MR) is 183 cm³/mol. The van der Waals surface area contributed by atoms with Crippen LogP contribution >= 0.6 is 25.3 Å². The quantitative estimate of drug-likeness (QED) is 0.177. The summed E-state index contributed by atoms with van der Waals surface area (Å²) in [5, 5.41) is 38.7. The number of H-pyrrole nitrogens is 2. The Balaban J connectivity index is 1.71. The van der Waals surface area contributed by atoms with Gasteiger partial charge in [0.2, 0.25) is 0 Å². The van der Waals surface area contributed by atoms with Crippen LogP contribution in [0.2, 0.25) is 0 Å². The van der Waals surface area contributed by atoms with E-state index in [9.17, 15) is 24.9 Å². The summed E-state index contributed by atoms with van der Waals surface area (Å²) < 4.78 is 0. The fraction of sp³-hybridized carbons (Fsp3) is 0.588. The van der Waals surface area contributed by atoms with Gasteiger partial charge in [-0.2, -0.15) is 25.3 Å². The molecule has 7 atom stereocenters. The number of aromatic amines is 2. The van der Waals surface area contributed by atoms with Crippen molar-refractivity contribution in [1.29, 1.82) is 0 Å². The molecule has 1 unspecified atom stereocenters. The standard InChI is InChI=1S/C34H48N4O5S2/c1-15-21(7-9-30(39)40)26-13-27-22(8-10-31(41)42)16(2)24(36-27)12-28-32(19(5)44)17(3)29(37-28)14-34(43)33(20(6)45)18(4)25(38-34)11-23(15)35-26/h13,18-20,23,25,33,35-38,43-45H,7-12,14H2,1-6H3,(H,39,40)(H,41,42)/b26-13-/t18-,19+,20+,23?,25+,33-,34-/m1/s1. The van der Waals surface area contributed by atoms with Crippen molar-refractivity contribution in [3.8, 4) is 0 Å². The van der Waals surface area contributed by atoms with Crippen LogP contribution in [0.4, 0.5) is 0 Å². The van der Waals surface area contributed by atoms with Gasteiger partial charge < -0.3 is 30.6 Å². The first-order valence-corrected chi connectivity index (χ1v) is 17.0. The molecule has 2 aromatic heterocycles. The number of carboxylic acid groups (broad SMARTS) is 2. The molecule has 2 aromatic rings. The molecule has 0 aromatic carbocycles. The van der Waals surface area contributed by atoms with Gasteiger partial charge in [-0.05, 0) is 92.4 Å². The summed E-state index contributed by atoms with van der Waals surface area (Å²) >= 11 is 9.72. The summed E-state index contributed by atoms with van der Waals surface area (Å²) in [5.74, 6) is -1.70. The Morgan fingerprint density at radius 3 is 2.29 bits per heavy atom. The molecule has 0 amide bonds. The molecule has 9 nitrogen and oxygen atoms in total. The van der Waals surface area contributed by atoms with E-state index in [0.29, 0.717) is 32.1 Å². The Morgan fingerprint density at radius 2 is 1.67 bits per heavy atom. The number of hydrogen-bond acceptors (Lipinski definition) is 7. The largest absolute Gasteiger partial charge is 0.481 e. The molecule has 246 valence electrons. The van der Waals surface area contributed by atoms with Crippen molar-refractivity contribution in [2.45, 2.75) is 115 Å². The number of aliphatic hydroxyl groups is 1. The van der Waals surface area contributed by atoms with E-state index in [0.717, 1.165) is 61.9 Å². The number of carboxylic acids is 2. The third kappa shape index (κ3) is 6.50. The normalized spacial score (nSPS) is 28.9. The van der Waals surface area contributed by atoms with E-state index >= 15 is 0 Å². The van der Waals surface area contributed by atoms with Crippen molar-refractivity contribution in [1.82, 2.24) is 20.6 Å². The van der Waals surface area contributed by atoms with Crippen molar-refractivity contribution in [2.24, 2.45) is 11.8 Å². The topological polar surface area (TPSA) is 150 Å². The molecular weight excluding hydrogens is 609 g/mol. The monoisotopic (exact) mass is 656 g/mol. The highest BCUT2D eigenvalue weighted by atomic mass is 32.1. The third-order valence-corrected chi connectivity index (χ3v) is 11.1. The number of aliphatic carboxylic acids is 2. The molecule has 0 aliphatic carbocycles. The van der Waals surface area contributed by atoms with Crippen LogP contribution in [0.15, 0.2) is 16.8 Å². The first kappa shape index (κ1) is 33.8. The lowest BCUT2D eigenvalue weighted by atomic mass is 9.80. The van der Waals surface area contributed by atoms with Crippen LogP contribution in [-0.4, -0.2) is 60.3 Å². The van der Waals surface area contributed by atoms with E-state index in [4.69, 9.17) is 25.3 Å². The Bertz CT molecular complexity index is 1550. The van der Waals surface area contributed by atoms with Gasteiger partial charge >= 0.3 is 11.9 Å². The molecule has 3 aliphatic heterocycles. The first-order chi connectivity index (χ1) is 21.1. The highest BCUT2D eigenvalue weighted by molar-refractivity contribution is 7.81. The number of aromatic nitrogens is 2. The molecule has 0 saturated carbocycles. The zero-order valence-electron chi connectivity index (χ0n) is 27.0. The number of nitrogens with one attached hydrogen (secondary N) is 4. The van der Waals surface area contributed by atoms with Crippen LogP contribution in [-0.2, 0) is 28.9 Å². The van der Waals surface area contributed by atoms with Gasteiger partial charge in [0.1, 0.15) is 5.72 Å². The molecular formula is C34H48N4O5S2. The number of fused-ring (bicyclic) bond motifs is 8. The van der Waals surface area contributed by atoms with E-state index < -0.39 is 17.7 Å². The second-order valence-electron chi connectivity index (χ2n) is 13.5. The van der Waals surface area contributed by atoms with E-state index in [1.54, 1.807) is 0 Å². The number of carbonyl (C=O) groups is 2. The lowest BCUT2D eigenvalue weighted by Crippen LogP contribution is -2.51. The van der Waals surface area contributed by atoms with Crippen molar-refractivity contribution in [2.75, 3.05) is 0 Å². The van der Waals surface area contributed by atoms with Crippen LogP contribution in [0.3, 0.4) is 0 Å². The smallest absolute Gasteiger partial charge is 0.303 e. The van der Waals surface area contributed by atoms with Crippen molar-refractivity contribution < 1.29 is 24.9 Å². The molecule has 45 heavy (non-hydrogen) atoms. The Hall–Kier alpha value is -2.60. The van der Waals surface area contributed by atoms with E-state index in [1.807, 2.05) is 19.9 Å². The Kier molecular flexibility index (Phi) is 9.67. The maximum Gasteiger partial charge on any atom is 0.303 e. The van der Waals surface area contributed by atoms with Gasteiger partial charge in [-0.3, -0.25) is 14.9 Å². The molecule has 1 saturated heterocycles. The van der Waals surface area contributed by atoms with Crippen LogP contribution in [0.1, 0.15) is 104 Å². The molecule has 5 rings (SSSR count). The predicted octanol–water partition coefficient (Wildman–Crippen LogP) is 5.23. The van der Waals surface area contributed by atoms with Crippen LogP contribution in [0.5, 0.6) is 0 Å². The van der Waals surface area contributed by atoms with Crippen molar-refractivity contribution in [3.05, 3.63) is 61.9 Å². The first-order valence-electron chi connectivity index (χ1n) is 16.0. The minimum Gasteiger partial charge on any atom is -0.481 e. The SMILES string of the molecule is CC1=C(CCC(=O)O)/C2=C/c3[nH]c(c(C)c3CCC(=O)O)Cc3[nH]c(c(C)c3[C@H](C)S)C[C@]3(O)N[C@@H](CC1N2)[C@@H](C)[C@@H]3[C@H](C)S. The average molecular weight is 657 g/mol. The van der Waals surface area contributed by atoms with E-state index in [2.05, 4.69) is 48.3 Å². The van der Waals surface area contributed by atoms with Crippen LogP contribution < -0.4 is 10.6 Å². The van der Waals surface area contributed by atoms with E-state index in [1.165, 1.54) is 0 Å². The fourth-order valence-electron chi connectivity index (χ4n) is 8.28. The second-order valence-corrected chi connectivity index (χ2v) is 15.1. The molecule has 0 radical (unpaired) electrons.